The average Bonchev–Trinajstić information content (AvgIpc) is 3.16. The number of amides is 2. The van der Waals surface area contributed by atoms with Gasteiger partial charge in [-0.25, -0.2) is 9.37 Å². The summed E-state index contributed by atoms with van der Waals surface area (Å²) < 4.78 is 14.1. The number of carbonyl (C=O) groups is 2. The van der Waals surface area contributed by atoms with E-state index in [0.29, 0.717) is 5.69 Å². The number of benzene rings is 2. The third-order valence-corrected chi connectivity index (χ3v) is 4.68. The van der Waals surface area contributed by atoms with E-state index in [4.69, 9.17) is 0 Å². The van der Waals surface area contributed by atoms with Gasteiger partial charge in [-0.15, -0.1) is 11.3 Å². The van der Waals surface area contributed by atoms with Crippen molar-refractivity contribution >= 4 is 51.4 Å². The zero-order valence-electron chi connectivity index (χ0n) is 15.6. The van der Waals surface area contributed by atoms with Gasteiger partial charge in [0.2, 0.25) is 11.8 Å². The molecule has 10 heteroatoms. The summed E-state index contributed by atoms with van der Waals surface area (Å²) in [6, 6.07) is 11.4. The minimum Gasteiger partial charge on any atom is -0.322 e. The summed E-state index contributed by atoms with van der Waals surface area (Å²) in [6.45, 7) is 1.30. The van der Waals surface area contributed by atoms with Crippen LogP contribution in [0.25, 0.3) is 6.08 Å². The molecule has 8 nitrogen and oxygen atoms in total. The first-order valence-electron chi connectivity index (χ1n) is 8.59. The molecular formula is C20H15FN4O4S. The third-order valence-electron chi connectivity index (χ3n) is 3.84. The van der Waals surface area contributed by atoms with Gasteiger partial charge in [-0.05, 0) is 24.3 Å². The Bertz CT molecular complexity index is 1150. The Labute approximate surface area is 174 Å². The lowest BCUT2D eigenvalue weighted by Crippen LogP contribution is -2.23. The second kappa shape index (κ2) is 9.05. The molecule has 2 aromatic carbocycles. The molecule has 0 saturated carbocycles. The van der Waals surface area contributed by atoms with Gasteiger partial charge in [-0.3, -0.25) is 24.6 Å². The molecule has 1 heterocycles. The minimum atomic E-state index is -0.559. The second-order valence-electron chi connectivity index (χ2n) is 5.99. The van der Waals surface area contributed by atoms with Crippen molar-refractivity contribution in [1.82, 2.24) is 4.98 Å². The number of nitro groups is 1. The van der Waals surface area contributed by atoms with Gasteiger partial charge >= 0.3 is 0 Å². The lowest BCUT2D eigenvalue weighted by molar-refractivity contribution is -0.384. The quantitative estimate of drug-likeness (QED) is 0.354. The van der Waals surface area contributed by atoms with Crippen molar-refractivity contribution in [1.29, 1.82) is 0 Å². The molecule has 1 aromatic heterocycles. The number of para-hydroxylation sites is 1. The maximum Gasteiger partial charge on any atom is 0.271 e. The highest BCUT2D eigenvalue weighted by molar-refractivity contribution is 7.14. The van der Waals surface area contributed by atoms with Crippen LogP contribution in [0.5, 0.6) is 0 Å². The molecular weight excluding hydrogens is 411 g/mol. The third kappa shape index (κ3) is 4.92. The fraction of sp³-hybridized carbons (Fsp3) is 0.0500. The molecule has 3 rings (SSSR count). The van der Waals surface area contributed by atoms with Crippen molar-refractivity contribution in [3.05, 3.63) is 81.6 Å². The van der Waals surface area contributed by atoms with E-state index < -0.39 is 22.6 Å². The number of nitrogens with zero attached hydrogens (tertiary/aromatic N) is 3. The topological polar surface area (TPSA) is 105 Å². The van der Waals surface area contributed by atoms with Gasteiger partial charge in [-0.2, -0.15) is 0 Å². The number of carbonyl (C=O) groups excluding carboxylic acids is 2. The van der Waals surface area contributed by atoms with E-state index in [1.807, 2.05) is 0 Å². The van der Waals surface area contributed by atoms with Crippen LogP contribution >= 0.6 is 11.3 Å². The lowest BCUT2D eigenvalue weighted by atomic mass is 10.3. The summed E-state index contributed by atoms with van der Waals surface area (Å²) >= 11 is 1.12. The summed E-state index contributed by atoms with van der Waals surface area (Å²) in [5.41, 5.74) is 0.614. The Hall–Kier alpha value is -3.92. The van der Waals surface area contributed by atoms with Gasteiger partial charge in [0.05, 0.1) is 16.3 Å². The number of rotatable bonds is 6. The first-order valence-corrected chi connectivity index (χ1v) is 9.47. The van der Waals surface area contributed by atoms with Crippen molar-refractivity contribution in [2.75, 3.05) is 10.2 Å². The number of thiazole rings is 1. The van der Waals surface area contributed by atoms with Crippen molar-refractivity contribution in [2.24, 2.45) is 0 Å². The van der Waals surface area contributed by atoms with Crippen molar-refractivity contribution in [2.45, 2.75) is 6.92 Å². The number of hydrogen-bond acceptors (Lipinski definition) is 6. The van der Waals surface area contributed by atoms with Crippen LogP contribution in [0.4, 0.5) is 26.6 Å². The van der Waals surface area contributed by atoms with E-state index in [1.165, 1.54) is 61.5 Å². The maximum atomic E-state index is 14.1. The normalized spacial score (nSPS) is 10.7. The van der Waals surface area contributed by atoms with Crippen LogP contribution in [0.15, 0.2) is 60.0 Å². The maximum absolute atomic E-state index is 14.1. The smallest absolute Gasteiger partial charge is 0.271 e. The largest absolute Gasteiger partial charge is 0.322 e. The Morgan fingerprint density at radius 2 is 2.00 bits per heavy atom. The van der Waals surface area contributed by atoms with Crippen LogP contribution < -0.4 is 10.2 Å². The highest BCUT2D eigenvalue weighted by atomic mass is 32.1. The molecule has 0 radical (unpaired) electrons. The minimum absolute atomic E-state index is 0.0818. The summed E-state index contributed by atoms with van der Waals surface area (Å²) in [4.78, 5) is 39.8. The van der Waals surface area contributed by atoms with E-state index in [-0.39, 0.29) is 22.2 Å². The van der Waals surface area contributed by atoms with Gasteiger partial charge in [0, 0.05) is 36.2 Å². The number of non-ortho nitro benzene ring substituents is 1. The number of nitrogens with one attached hydrogen (secondary N) is 1. The first kappa shape index (κ1) is 20.8. The molecule has 0 fully saturated rings. The number of nitro benzene ring substituents is 1. The number of hydrogen-bond donors (Lipinski definition) is 1. The second-order valence-corrected chi connectivity index (χ2v) is 6.83. The highest BCUT2D eigenvalue weighted by Gasteiger charge is 2.20. The molecule has 0 aliphatic heterocycles. The predicted octanol–water partition coefficient (Wildman–Crippen LogP) is 4.53. The predicted molar refractivity (Wildman–Crippen MR) is 112 cm³/mol. The Morgan fingerprint density at radius 1 is 1.23 bits per heavy atom. The molecule has 30 heavy (non-hydrogen) atoms. The van der Waals surface area contributed by atoms with E-state index >= 15 is 0 Å². The molecule has 2 amide bonds. The summed E-state index contributed by atoms with van der Waals surface area (Å²) in [5, 5.41) is 15.2. The molecule has 0 aliphatic rings. The van der Waals surface area contributed by atoms with Crippen LogP contribution in [0.3, 0.4) is 0 Å². The van der Waals surface area contributed by atoms with E-state index in [2.05, 4.69) is 10.3 Å². The zero-order valence-corrected chi connectivity index (χ0v) is 16.4. The summed E-state index contributed by atoms with van der Waals surface area (Å²) in [5.74, 6) is -1.48. The molecule has 1 N–H and O–H groups in total. The van der Waals surface area contributed by atoms with E-state index in [0.717, 1.165) is 16.2 Å². The van der Waals surface area contributed by atoms with Crippen molar-refractivity contribution in [3.63, 3.8) is 0 Å². The summed E-state index contributed by atoms with van der Waals surface area (Å²) in [6.07, 6.45) is 2.63. The van der Waals surface area contributed by atoms with Gasteiger partial charge in [0.15, 0.2) is 5.13 Å². The zero-order chi connectivity index (χ0) is 21.7. The van der Waals surface area contributed by atoms with Gasteiger partial charge in [0.1, 0.15) is 5.82 Å². The molecule has 0 saturated heterocycles. The summed E-state index contributed by atoms with van der Waals surface area (Å²) in [7, 11) is 0. The fourth-order valence-corrected chi connectivity index (χ4v) is 3.39. The molecule has 0 bridgehead atoms. The molecule has 3 aromatic rings. The van der Waals surface area contributed by atoms with Crippen LogP contribution in [-0.2, 0) is 9.59 Å². The Balaban J connectivity index is 1.74. The first-order chi connectivity index (χ1) is 14.3. The SMILES string of the molecule is CC(=O)N(c1nc(/C=C/C(=O)Nc2cccc([N+](=O)[O-])c2)cs1)c1ccccc1F. The number of aromatic nitrogens is 1. The average molecular weight is 426 g/mol. The van der Waals surface area contributed by atoms with Crippen LogP contribution in [0, 0.1) is 15.9 Å². The van der Waals surface area contributed by atoms with Gasteiger partial charge in [-0.1, -0.05) is 18.2 Å². The molecule has 0 spiro atoms. The van der Waals surface area contributed by atoms with Gasteiger partial charge < -0.3 is 5.32 Å². The number of anilines is 3. The Morgan fingerprint density at radius 3 is 2.70 bits per heavy atom. The monoisotopic (exact) mass is 426 g/mol. The lowest BCUT2D eigenvalue weighted by Gasteiger charge is -2.18. The molecule has 0 aliphatic carbocycles. The van der Waals surface area contributed by atoms with Gasteiger partial charge in [0.25, 0.3) is 5.69 Å². The molecule has 0 unspecified atom stereocenters. The molecule has 152 valence electrons. The fourth-order valence-electron chi connectivity index (χ4n) is 2.54. The standard InChI is InChI=1S/C20H15FN4O4S/c1-13(26)24(18-8-3-2-7-17(18)21)20-23-15(12-30-20)9-10-19(27)22-14-5-4-6-16(11-14)25(28)29/h2-12H,1H3,(H,22,27)/b10-9+. The highest BCUT2D eigenvalue weighted by Crippen LogP contribution is 2.31. The van der Waals surface area contributed by atoms with Crippen LogP contribution in [-0.4, -0.2) is 21.7 Å². The van der Waals surface area contributed by atoms with E-state index in [1.54, 1.807) is 11.4 Å². The van der Waals surface area contributed by atoms with Crippen LogP contribution in [0.2, 0.25) is 0 Å². The number of halogens is 1. The van der Waals surface area contributed by atoms with E-state index in [9.17, 15) is 24.1 Å². The molecule has 0 atom stereocenters. The van der Waals surface area contributed by atoms with Crippen molar-refractivity contribution < 1.29 is 18.9 Å². The van der Waals surface area contributed by atoms with Crippen molar-refractivity contribution in [3.8, 4) is 0 Å². The van der Waals surface area contributed by atoms with Crippen LogP contribution in [0.1, 0.15) is 12.6 Å². The Kier molecular flexibility index (Phi) is 6.28.